The smallest absolute Gasteiger partial charge is 0.340 e. The maximum Gasteiger partial charge on any atom is 0.340 e. The predicted molar refractivity (Wildman–Crippen MR) is 109 cm³/mol. The summed E-state index contributed by atoms with van der Waals surface area (Å²) >= 11 is 6.23. The summed E-state index contributed by atoms with van der Waals surface area (Å²) in [4.78, 5) is 15.3. The van der Waals surface area contributed by atoms with E-state index >= 15 is 0 Å². The number of aliphatic hydroxyl groups is 1. The van der Waals surface area contributed by atoms with Crippen molar-refractivity contribution in [2.45, 2.75) is 36.6 Å². The maximum atomic E-state index is 13.0. The van der Waals surface area contributed by atoms with E-state index in [0.717, 1.165) is 16.9 Å². The highest BCUT2D eigenvalue weighted by Gasteiger charge is 2.60. The standard InChI is InChI=1S/C23H20ClNO5/c24-17-4-2-1-3-15(17)22(27)30-21-11-25-10-13-7-18-19(29-12-28-18)9-16(13)23(21)6-5-14(26)8-20(23)25/h1-7,9,14,20-21,26H,8,10-12H2/t14-,20+,21+,23+/m1/s1. The normalized spacial score (nSPS) is 32.5. The van der Waals surface area contributed by atoms with Crippen molar-refractivity contribution in [1.29, 1.82) is 0 Å². The highest BCUT2D eigenvalue weighted by atomic mass is 35.5. The van der Waals surface area contributed by atoms with E-state index in [9.17, 15) is 9.90 Å². The molecule has 30 heavy (non-hydrogen) atoms. The molecule has 7 heteroatoms. The Morgan fingerprint density at radius 2 is 2.03 bits per heavy atom. The Bertz CT molecular complexity index is 1090. The maximum absolute atomic E-state index is 13.0. The molecule has 6 rings (SSSR count). The number of carbonyl (C=O) groups is 1. The molecule has 1 aliphatic carbocycles. The molecule has 0 amide bonds. The minimum Gasteiger partial charge on any atom is -0.456 e. The Morgan fingerprint density at radius 3 is 2.87 bits per heavy atom. The molecule has 1 N–H and O–H groups in total. The van der Waals surface area contributed by atoms with Gasteiger partial charge in [0.1, 0.15) is 6.10 Å². The zero-order valence-electron chi connectivity index (χ0n) is 16.1. The van der Waals surface area contributed by atoms with Crippen LogP contribution in [0.4, 0.5) is 0 Å². The highest BCUT2D eigenvalue weighted by Crippen LogP contribution is 2.54. The average Bonchev–Trinajstić information content (AvgIpc) is 3.27. The van der Waals surface area contributed by atoms with Crippen molar-refractivity contribution in [2.75, 3.05) is 13.3 Å². The number of rotatable bonds is 2. The molecule has 0 saturated carbocycles. The Kier molecular flexibility index (Phi) is 3.94. The van der Waals surface area contributed by atoms with Crippen LogP contribution in [0.25, 0.3) is 0 Å². The van der Waals surface area contributed by atoms with Crippen molar-refractivity contribution < 1.29 is 24.1 Å². The van der Waals surface area contributed by atoms with E-state index in [1.54, 1.807) is 24.3 Å². The van der Waals surface area contributed by atoms with Crippen LogP contribution >= 0.6 is 11.6 Å². The molecule has 2 aromatic rings. The second-order valence-corrected chi connectivity index (χ2v) is 8.68. The van der Waals surface area contributed by atoms with Crippen LogP contribution in [0.5, 0.6) is 11.5 Å². The Hall–Kier alpha value is -2.54. The van der Waals surface area contributed by atoms with Crippen LogP contribution in [0.15, 0.2) is 48.6 Å². The molecule has 3 aliphatic heterocycles. The molecule has 0 radical (unpaired) electrons. The van der Waals surface area contributed by atoms with Gasteiger partial charge in [-0.3, -0.25) is 4.90 Å². The molecule has 2 aromatic carbocycles. The number of fused-ring (bicyclic) bond motifs is 2. The number of hydrogen-bond acceptors (Lipinski definition) is 6. The number of ether oxygens (including phenoxy) is 3. The Labute approximate surface area is 178 Å². The van der Waals surface area contributed by atoms with Crippen LogP contribution in [-0.2, 0) is 16.7 Å². The lowest BCUT2D eigenvalue weighted by Crippen LogP contribution is -2.52. The van der Waals surface area contributed by atoms with Gasteiger partial charge in [0, 0.05) is 19.1 Å². The molecule has 2 bridgehead atoms. The summed E-state index contributed by atoms with van der Waals surface area (Å²) < 4.78 is 17.3. The minimum atomic E-state index is -0.551. The van der Waals surface area contributed by atoms with Gasteiger partial charge in [0.2, 0.25) is 6.79 Å². The van der Waals surface area contributed by atoms with Crippen molar-refractivity contribution in [3.63, 3.8) is 0 Å². The van der Waals surface area contributed by atoms with Gasteiger partial charge in [0.15, 0.2) is 11.5 Å². The SMILES string of the molecule is O=C(O[C@H]1CN2Cc3cc4c(cc3[C@]13C=C[C@@H](O)C[C@H]23)OCO4)c1ccccc1Cl. The molecule has 1 saturated heterocycles. The average molecular weight is 426 g/mol. The van der Waals surface area contributed by atoms with Gasteiger partial charge in [-0.25, -0.2) is 4.79 Å². The molecule has 0 aromatic heterocycles. The van der Waals surface area contributed by atoms with Crippen LogP contribution in [0.1, 0.15) is 27.9 Å². The zero-order chi connectivity index (χ0) is 20.5. The van der Waals surface area contributed by atoms with Crippen LogP contribution in [0.2, 0.25) is 5.02 Å². The van der Waals surface area contributed by atoms with Gasteiger partial charge in [-0.1, -0.05) is 35.9 Å². The molecule has 1 unspecified atom stereocenters. The lowest BCUT2D eigenvalue weighted by atomic mass is 9.65. The second-order valence-electron chi connectivity index (χ2n) is 8.28. The fourth-order valence-corrected chi connectivity index (χ4v) is 5.67. The summed E-state index contributed by atoms with van der Waals surface area (Å²) in [6.07, 6.45) is 3.51. The third kappa shape index (κ3) is 2.47. The van der Waals surface area contributed by atoms with Crippen molar-refractivity contribution in [3.8, 4) is 11.5 Å². The number of carbonyl (C=O) groups excluding carboxylic acids is 1. The van der Waals surface area contributed by atoms with E-state index in [1.165, 1.54) is 0 Å². The molecule has 0 spiro atoms. The van der Waals surface area contributed by atoms with E-state index in [0.29, 0.717) is 35.8 Å². The number of aliphatic hydroxyl groups excluding tert-OH is 1. The van der Waals surface area contributed by atoms with E-state index in [1.807, 2.05) is 24.3 Å². The number of hydrogen-bond donors (Lipinski definition) is 1. The number of nitrogens with zero attached hydrogens (tertiary/aromatic N) is 1. The quantitative estimate of drug-likeness (QED) is 0.589. The first-order valence-electron chi connectivity index (χ1n) is 10.1. The molecular formula is C23H20ClNO5. The third-order valence-electron chi connectivity index (χ3n) is 6.77. The van der Waals surface area contributed by atoms with E-state index < -0.39 is 23.6 Å². The van der Waals surface area contributed by atoms with Gasteiger partial charge in [0.05, 0.1) is 22.1 Å². The van der Waals surface area contributed by atoms with Crippen molar-refractivity contribution in [2.24, 2.45) is 0 Å². The van der Waals surface area contributed by atoms with Crippen molar-refractivity contribution in [1.82, 2.24) is 4.90 Å². The summed E-state index contributed by atoms with van der Waals surface area (Å²) in [5.41, 5.74) is 2.01. The van der Waals surface area contributed by atoms with Gasteiger partial charge in [-0.05, 0) is 41.8 Å². The largest absolute Gasteiger partial charge is 0.456 e. The topological polar surface area (TPSA) is 68.2 Å². The first-order chi connectivity index (χ1) is 14.6. The van der Waals surface area contributed by atoms with Crippen LogP contribution < -0.4 is 9.47 Å². The second kappa shape index (κ2) is 6.48. The molecule has 6 nitrogen and oxygen atoms in total. The number of benzene rings is 2. The molecule has 5 atom stereocenters. The number of halogens is 1. The van der Waals surface area contributed by atoms with Crippen molar-refractivity contribution in [3.05, 3.63) is 70.3 Å². The van der Waals surface area contributed by atoms with E-state index in [2.05, 4.69) is 4.90 Å². The first-order valence-corrected chi connectivity index (χ1v) is 10.4. The van der Waals surface area contributed by atoms with Gasteiger partial charge in [-0.15, -0.1) is 0 Å². The summed E-state index contributed by atoms with van der Waals surface area (Å²) in [5, 5.41) is 10.7. The van der Waals surface area contributed by atoms with Crippen LogP contribution in [-0.4, -0.2) is 47.6 Å². The summed E-state index contributed by atoms with van der Waals surface area (Å²) in [6, 6.07) is 11.0. The van der Waals surface area contributed by atoms with Gasteiger partial charge in [0.25, 0.3) is 0 Å². The number of esters is 1. The lowest BCUT2D eigenvalue weighted by Gasteiger charge is -2.46. The summed E-state index contributed by atoms with van der Waals surface area (Å²) in [5.74, 6) is 1.01. The molecule has 1 fully saturated rings. The van der Waals surface area contributed by atoms with Crippen molar-refractivity contribution >= 4 is 17.6 Å². The van der Waals surface area contributed by atoms with E-state index in [-0.39, 0.29) is 12.8 Å². The van der Waals surface area contributed by atoms with Crippen LogP contribution in [0, 0.1) is 0 Å². The summed E-state index contributed by atoms with van der Waals surface area (Å²) in [6.45, 7) is 1.50. The minimum absolute atomic E-state index is 0.0365. The van der Waals surface area contributed by atoms with Gasteiger partial charge in [-0.2, -0.15) is 0 Å². The predicted octanol–water partition coefficient (Wildman–Crippen LogP) is 3.05. The fraction of sp³-hybridized carbons (Fsp3) is 0.348. The monoisotopic (exact) mass is 425 g/mol. The first kappa shape index (κ1) is 18.2. The van der Waals surface area contributed by atoms with Gasteiger partial charge >= 0.3 is 5.97 Å². The Balaban J connectivity index is 1.45. The van der Waals surface area contributed by atoms with E-state index in [4.69, 9.17) is 25.8 Å². The zero-order valence-corrected chi connectivity index (χ0v) is 16.8. The lowest BCUT2D eigenvalue weighted by molar-refractivity contribution is 0.0202. The Morgan fingerprint density at radius 1 is 1.23 bits per heavy atom. The fourth-order valence-electron chi connectivity index (χ4n) is 5.46. The van der Waals surface area contributed by atoms with Gasteiger partial charge < -0.3 is 19.3 Å². The molecule has 3 heterocycles. The third-order valence-corrected chi connectivity index (χ3v) is 7.10. The summed E-state index contributed by atoms with van der Waals surface area (Å²) in [7, 11) is 0. The molecular weight excluding hydrogens is 406 g/mol. The molecule has 154 valence electrons. The highest BCUT2D eigenvalue weighted by molar-refractivity contribution is 6.33. The molecule has 4 aliphatic rings. The van der Waals surface area contributed by atoms with Crippen LogP contribution in [0.3, 0.4) is 0 Å².